The molecule has 0 saturated heterocycles. The van der Waals surface area contributed by atoms with E-state index < -0.39 is 0 Å². The fourth-order valence-corrected chi connectivity index (χ4v) is 3.50. The summed E-state index contributed by atoms with van der Waals surface area (Å²) in [4.78, 5) is 25.6. The maximum Gasteiger partial charge on any atom is 0.244 e. The van der Waals surface area contributed by atoms with Crippen molar-refractivity contribution < 1.29 is 9.53 Å². The van der Waals surface area contributed by atoms with Crippen LogP contribution in [0.5, 0.6) is 0 Å². The predicted octanol–water partition coefficient (Wildman–Crippen LogP) is 3.94. The molecule has 0 fully saturated rings. The average Bonchev–Trinajstić information content (AvgIpc) is 2.72. The van der Waals surface area contributed by atoms with Gasteiger partial charge in [-0.2, -0.15) is 0 Å². The highest BCUT2D eigenvalue weighted by Crippen LogP contribution is 2.19. The van der Waals surface area contributed by atoms with Crippen molar-refractivity contribution in [2.24, 2.45) is 0 Å². The van der Waals surface area contributed by atoms with Crippen molar-refractivity contribution in [3.05, 3.63) is 88.6 Å². The summed E-state index contributed by atoms with van der Waals surface area (Å²) in [6.45, 7) is 0.592. The van der Waals surface area contributed by atoms with Gasteiger partial charge in [0.25, 0.3) is 0 Å². The normalized spacial score (nSPS) is 11.0. The molecule has 0 radical (unpaired) electrons. The molecule has 0 aliphatic rings. The molecule has 0 spiro atoms. The molecular weight excluding hydrogens is 352 g/mol. The molecule has 0 aliphatic carbocycles. The number of fused-ring (bicyclic) bond motifs is 2. The number of carbonyl (C=O) groups excluding carboxylic acids is 1. The summed E-state index contributed by atoms with van der Waals surface area (Å²) in [5, 5.41) is 4.15. The number of nitrogens with one attached hydrogen (secondary N) is 1. The van der Waals surface area contributed by atoms with Crippen LogP contribution in [0.4, 0.5) is 5.69 Å². The summed E-state index contributed by atoms with van der Waals surface area (Å²) in [6.07, 6.45) is 0. The zero-order valence-electron chi connectivity index (χ0n) is 15.5. The largest absolute Gasteiger partial charge is 0.380 e. The first-order chi connectivity index (χ1) is 13.7. The van der Waals surface area contributed by atoms with Crippen LogP contribution in [0.25, 0.3) is 21.8 Å². The highest BCUT2D eigenvalue weighted by Gasteiger charge is 2.13. The molecule has 1 amide bonds. The molecule has 3 aromatic carbocycles. The molecule has 4 rings (SSSR count). The van der Waals surface area contributed by atoms with Crippen LogP contribution in [0, 0.1) is 0 Å². The lowest BCUT2D eigenvalue weighted by atomic mass is 10.1. The van der Waals surface area contributed by atoms with Gasteiger partial charge in [0.15, 0.2) is 5.43 Å². The Balaban J connectivity index is 1.73. The molecule has 1 N–H and O–H groups in total. The van der Waals surface area contributed by atoms with E-state index in [0.29, 0.717) is 23.1 Å². The third-order valence-corrected chi connectivity index (χ3v) is 4.70. The Morgan fingerprint density at radius 1 is 0.929 bits per heavy atom. The molecule has 0 bridgehead atoms. The van der Waals surface area contributed by atoms with E-state index in [-0.39, 0.29) is 17.9 Å². The second kappa shape index (κ2) is 7.66. The SMILES string of the molecule is COCc1cccc(NC(=O)Cn2c3ccccc3c(=O)c3ccccc32)c1. The van der Waals surface area contributed by atoms with Gasteiger partial charge in [-0.1, -0.05) is 36.4 Å². The van der Waals surface area contributed by atoms with E-state index in [4.69, 9.17) is 4.74 Å². The molecule has 28 heavy (non-hydrogen) atoms. The van der Waals surface area contributed by atoms with Crippen LogP contribution in [-0.2, 0) is 22.7 Å². The van der Waals surface area contributed by atoms with Gasteiger partial charge in [0.2, 0.25) is 5.91 Å². The maximum atomic E-state index is 12.8. The molecule has 0 unspecified atom stereocenters. The second-order valence-corrected chi connectivity index (χ2v) is 6.63. The first-order valence-electron chi connectivity index (χ1n) is 9.05. The lowest BCUT2D eigenvalue weighted by Crippen LogP contribution is -2.21. The van der Waals surface area contributed by atoms with E-state index in [0.717, 1.165) is 16.6 Å². The first-order valence-corrected chi connectivity index (χ1v) is 9.05. The Hall–Kier alpha value is -3.44. The van der Waals surface area contributed by atoms with Crippen molar-refractivity contribution in [1.29, 1.82) is 0 Å². The van der Waals surface area contributed by atoms with E-state index in [9.17, 15) is 9.59 Å². The number of methoxy groups -OCH3 is 1. The Kier molecular flexibility index (Phi) is 4.91. The van der Waals surface area contributed by atoms with E-state index in [1.807, 2.05) is 65.2 Å². The Morgan fingerprint density at radius 2 is 1.57 bits per heavy atom. The fraction of sp³-hybridized carbons (Fsp3) is 0.130. The maximum absolute atomic E-state index is 12.8. The number of hydrogen-bond acceptors (Lipinski definition) is 3. The van der Waals surface area contributed by atoms with Crippen LogP contribution in [0.3, 0.4) is 0 Å². The van der Waals surface area contributed by atoms with Crippen molar-refractivity contribution in [3.63, 3.8) is 0 Å². The highest BCUT2D eigenvalue weighted by molar-refractivity contribution is 5.97. The third kappa shape index (κ3) is 3.40. The minimum absolute atomic E-state index is 0.0184. The molecule has 4 aromatic rings. The number of aromatic nitrogens is 1. The van der Waals surface area contributed by atoms with Crippen LogP contribution >= 0.6 is 0 Å². The smallest absolute Gasteiger partial charge is 0.244 e. The lowest BCUT2D eigenvalue weighted by Gasteiger charge is -2.15. The fourth-order valence-electron chi connectivity index (χ4n) is 3.50. The Morgan fingerprint density at radius 3 is 2.21 bits per heavy atom. The highest BCUT2D eigenvalue weighted by atomic mass is 16.5. The van der Waals surface area contributed by atoms with Crippen molar-refractivity contribution in [1.82, 2.24) is 4.57 Å². The number of amides is 1. The van der Waals surface area contributed by atoms with Crippen molar-refractivity contribution in [3.8, 4) is 0 Å². The van der Waals surface area contributed by atoms with Gasteiger partial charge in [-0.15, -0.1) is 0 Å². The minimum atomic E-state index is -0.159. The van der Waals surface area contributed by atoms with Crippen LogP contribution in [-0.4, -0.2) is 17.6 Å². The van der Waals surface area contributed by atoms with Gasteiger partial charge in [0, 0.05) is 23.6 Å². The van der Waals surface area contributed by atoms with E-state index in [1.165, 1.54) is 0 Å². The monoisotopic (exact) mass is 372 g/mol. The van der Waals surface area contributed by atoms with Crippen LogP contribution < -0.4 is 10.7 Å². The summed E-state index contributed by atoms with van der Waals surface area (Å²) in [5.74, 6) is -0.159. The number of para-hydroxylation sites is 2. The van der Waals surface area contributed by atoms with E-state index in [2.05, 4.69) is 5.32 Å². The van der Waals surface area contributed by atoms with Crippen molar-refractivity contribution in [2.45, 2.75) is 13.2 Å². The van der Waals surface area contributed by atoms with Gasteiger partial charge in [-0.05, 0) is 42.0 Å². The zero-order valence-corrected chi connectivity index (χ0v) is 15.5. The van der Waals surface area contributed by atoms with Gasteiger partial charge in [0.05, 0.1) is 17.6 Å². The van der Waals surface area contributed by atoms with Crippen molar-refractivity contribution in [2.75, 3.05) is 12.4 Å². The molecular formula is C23H20N2O3. The molecule has 5 nitrogen and oxygen atoms in total. The summed E-state index contributed by atoms with van der Waals surface area (Å²) < 4.78 is 7.03. The molecule has 0 saturated carbocycles. The number of benzene rings is 3. The first kappa shape index (κ1) is 17.9. The van der Waals surface area contributed by atoms with E-state index in [1.54, 1.807) is 19.2 Å². The van der Waals surface area contributed by atoms with Gasteiger partial charge < -0.3 is 14.6 Å². The number of rotatable bonds is 5. The van der Waals surface area contributed by atoms with Gasteiger partial charge >= 0.3 is 0 Å². The molecule has 0 aliphatic heterocycles. The number of hydrogen-bond donors (Lipinski definition) is 1. The number of pyridine rings is 1. The zero-order chi connectivity index (χ0) is 19.5. The third-order valence-electron chi connectivity index (χ3n) is 4.70. The van der Waals surface area contributed by atoms with Gasteiger partial charge in [-0.3, -0.25) is 9.59 Å². The standard InChI is InChI=1S/C23H20N2O3/c1-28-15-16-7-6-8-17(13-16)24-22(26)14-25-20-11-4-2-9-18(20)23(27)19-10-3-5-12-21(19)25/h2-13H,14-15H2,1H3,(H,24,26). The number of nitrogens with zero attached hydrogens (tertiary/aromatic N) is 1. The van der Waals surface area contributed by atoms with Crippen LogP contribution in [0.2, 0.25) is 0 Å². The molecule has 0 atom stereocenters. The predicted molar refractivity (Wildman–Crippen MR) is 111 cm³/mol. The molecule has 1 heterocycles. The number of ether oxygens (including phenoxy) is 1. The quantitative estimate of drug-likeness (QED) is 0.540. The van der Waals surface area contributed by atoms with Gasteiger partial charge in [0.1, 0.15) is 6.54 Å². The lowest BCUT2D eigenvalue weighted by molar-refractivity contribution is -0.116. The minimum Gasteiger partial charge on any atom is -0.380 e. The molecule has 5 heteroatoms. The average molecular weight is 372 g/mol. The van der Waals surface area contributed by atoms with Crippen molar-refractivity contribution >= 4 is 33.4 Å². The van der Waals surface area contributed by atoms with Gasteiger partial charge in [-0.25, -0.2) is 0 Å². The molecule has 140 valence electrons. The topological polar surface area (TPSA) is 60.3 Å². The van der Waals surface area contributed by atoms with E-state index >= 15 is 0 Å². The summed E-state index contributed by atoms with van der Waals surface area (Å²) in [5.41, 5.74) is 3.17. The Labute approximate surface area is 162 Å². The van der Waals surface area contributed by atoms with Crippen LogP contribution in [0.15, 0.2) is 77.6 Å². The number of carbonyl (C=O) groups is 1. The number of anilines is 1. The Bertz CT molecular complexity index is 1170. The summed E-state index contributed by atoms with van der Waals surface area (Å²) >= 11 is 0. The van der Waals surface area contributed by atoms with Crippen LogP contribution in [0.1, 0.15) is 5.56 Å². The summed E-state index contributed by atoms with van der Waals surface area (Å²) in [6, 6.07) is 22.3. The second-order valence-electron chi connectivity index (χ2n) is 6.63. The summed E-state index contributed by atoms with van der Waals surface area (Å²) in [7, 11) is 1.64. The molecule has 1 aromatic heterocycles.